The minimum Gasteiger partial charge on any atom is -0.349 e. The quantitative estimate of drug-likeness (QED) is 0.826. The highest BCUT2D eigenvalue weighted by Crippen LogP contribution is 2.23. The van der Waals surface area contributed by atoms with Crippen molar-refractivity contribution in [1.29, 1.82) is 0 Å². The van der Waals surface area contributed by atoms with Gasteiger partial charge in [-0.25, -0.2) is 0 Å². The van der Waals surface area contributed by atoms with Gasteiger partial charge in [-0.05, 0) is 36.2 Å². The van der Waals surface area contributed by atoms with E-state index in [1.807, 2.05) is 42.5 Å². The molecule has 2 N–H and O–H groups in total. The molecule has 1 atom stereocenters. The number of hydrogen-bond acceptors (Lipinski definition) is 3. The van der Waals surface area contributed by atoms with Crippen LogP contribution in [0, 0.1) is 0 Å². The molecule has 1 saturated heterocycles. The topological polar surface area (TPSA) is 78.5 Å². The molecule has 140 valence electrons. The van der Waals surface area contributed by atoms with Crippen LogP contribution in [-0.2, 0) is 14.4 Å². The lowest BCUT2D eigenvalue weighted by Gasteiger charge is -2.19. The van der Waals surface area contributed by atoms with E-state index >= 15 is 0 Å². The van der Waals surface area contributed by atoms with Crippen molar-refractivity contribution >= 4 is 29.1 Å². The smallest absolute Gasteiger partial charge is 0.227 e. The van der Waals surface area contributed by atoms with Crippen molar-refractivity contribution in [2.24, 2.45) is 0 Å². The Morgan fingerprint density at radius 2 is 1.78 bits per heavy atom. The van der Waals surface area contributed by atoms with E-state index < -0.39 is 0 Å². The molecule has 0 radical (unpaired) electrons. The van der Waals surface area contributed by atoms with Gasteiger partial charge < -0.3 is 15.5 Å². The van der Waals surface area contributed by atoms with Crippen molar-refractivity contribution in [1.82, 2.24) is 5.32 Å². The lowest BCUT2D eigenvalue weighted by Crippen LogP contribution is -2.29. The van der Waals surface area contributed by atoms with Crippen molar-refractivity contribution < 1.29 is 14.4 Å². The van der Waals surface area contributed by atoms with E-state index in [4.69, 9.17) is 0 Å². The second-order valence-corrected chi connectivity index (χ2v) is 6.61. The van der Waals surface area contributed by atoms with E-state index in [0.29, 0.717) is 12.1 Å². The standard InChI is InChI=1S/C21H23N3O3/c1-15(25)22-19(16-6-3-2-4-7-16)14-20(26)23-17-9-11-18(12-10-17)24-13-5-8-21(24)27/h2-4,6-7,9-12,19H,5,8,13-14H2,1H3,(H,22,25)(H,23,26)/t19-/m0/s1. The van der Waals surface area contributed by atoms with E-state index in [2.05, 4.69) is 10.6 Å². The average molecular weight is 365 g/mol. The summed E-state index contributed by atoms with van der Waals surface area (Å²) in [4.78, 5) is 37.5. The molecule has 27 heavy (non-hydrogen) atoms. The zero-order chi connectivity index (χ0) is 19.2. The number of rotatable bonds is 6. The molecule has 0 saturated carbocycles. The van der Waals surface area contributed by atoms with Gasteiger partial charge in [0.25, 0.3) is 0 Å². The first-order valence-electron chi connectivity index (χ1n) is 9.05. The molecule has 2 aromatic carbocycles. The van der Waals surface area contributed by atoms with Crippen LogP contribution in [0.2, 0.25) is 0 Å². The molecule has 0 bridgehead atoms. The van der Waals surface area contributed by atoms with Gasteiger partial charge in [0.2, 0.25) is 17.7 Å². The maximum Gasteiger partial charge on any atom is 0.227 e. The highest BCUT2D eigenvalue weighted by Gasteiger charge is 2.21. The maximum absolute atomic E-state index is 12.4. The molecule has 1 fully saturated rings. The van der Waals surface area contributed by atoms with Crippen molar-refractivity contribution in [3.05, 3.63) is 60.2 Å². The first-order chi connectivity index (χ1) is 13.0. The van der Waals surface area contributed by atoms with Crippen molar-refractivity contribution in [2.75, 3.05) is 16.8 Å². The van der Waals surface area contributed by atoms with Crippen LogP contribution in [0.15, 0.2) is 54.6 Å². The average Bonchev–Trinajstić information content (AvgIpc) is 3.08. The molecule has 1 aliphatic heterocycles. The summed E-state index contributed by atoms with van der Waals surface area (Å²) < 4.78 is 0. The fraction of sp³-hybridized carbons (Fsp3) is 0.286. The van der Waals surface area contributed by atoms with Crippen molar-refractivity contribution in [3.8, 4) is 0 Å². The molecule has 6 heteroatoms. The van der Waals surface area contributed by atoms with Gasteiger partial charge in [-0.2, -0.15) is 0 Å². The summed E-state index contributed by atoms with van der Waals surface area (Å²) >= 11 is 0. The number of hydrogen-bond donors (Lipinski definition) is 2. The Hall–Kier alpha value is -3.15. The summed E-state index contributed by atoms with van der Waals surface area (Å²) in [5.74, 6) is -0.244. The van der Waals surface area contributed by atoms with Crippen molar-refractivity contribution in [3.63, 3.8) is 0 Å². The Kier molecular flexibility index (Phi) is 5.86. The molecular weight excluding hydrogens is 342 g/mol. The molecule has 0 aliphatic carbocycles. The predicted octanol–water partition coefficient (Wildman–Crippen LogP) is 3.02. The summed E-state index contributed by atoms with van der Waals surface area (Å²) in [7, 11) is 0. The van der Waals surface area contributed by atoms with Gasteiger partial charge in [-0.15, -0.1) is 0 Å². The molecule has 3 rings (SSSR count). The third-order valence-corrected chi connectivity index (χ3v) is 4.51. The van der Waals surface area contributed by atoms with E-state index in [9.17, 15) is 14.4 Å². The van der Waals surface area contributed by atoms with Gasteiger partial charge >= 0.3 is 0 Å². The minimum absolute atomic E-state index is 0.132. The van der Waals surface area contributed by atoms with Crippen molar-refractivity contribution in [2.45, 2.75) is 32.2 Å². The number of carbonyl (C=O) groups is 3. The second kappa shape index (κ2) is 8.49. The summed E-state index contributed by atoms with van der Waals surface area (Å²) in [5.41, 5.74) is 2.38. The number of amides is 3. The van der Waals surface area contributed by atoms with Crippen LogP contribution in [0.4, 0.5) is 11.4 Å². The zero-order valence-electron chi connectivity index (χ0n) is 15.3. The molecular formula is C21H23N3O3. The highest BCUT2D eigenvalue weighted by atomic mass is 16.2. The van der Waals surface area contributed by atoms with Gasteiger partial charge in [-0.3, -0.25) is 14.4 Å². The number of anilines is 2. The van der Waals surface area contributed by atoms with Gasteiger partial charge in [0.05, 0.1) is 12.5 Å². The van der Waals surface area contributed by atoms with Crippen LogP contribution < -0.4 is 15.5 Å². The largest absolute Gasteiger partial charge is 0.349 e. The first-order valence-corrected chi connectivity index (χ1v) is 9.05. The van der Waals surface area contributed by atoms with Crippen LogP contribution in [0.5, 0.6) is 0 Å². The lowest BCUT2D eigenvalue weighted by atomic mass is 10.0. The summed E-state index contributed by atoms with van der Waals surface area (Å²) in [6, 6.07) is 16.3. The molecule has 1 aliphatic rings. The summed E-state index contributed by atoms with van der Waals surface area (Å²) in [5, 5.41) is 5.67. The Morgan fingerprint density at radius 1 is 1.07 bits per heavy atom. The molecule has 2 aromatic rings. The zero-order valence-corrected chi connectivity index (χ0v) is 15.3. The van der Waals surface area contributed by atoms with Crippen LogP contribution >= 0.6 is 0 Å². The third kappa shape index (κ3) is 4.94. The highest BCUT2D eigenvalue weighted by molar-refractivity contribution is 5.96. The number of nitrogens with zero attached hydrogens (tertiary/aromatic N) is 1. The summed E-state index contributed by atoms with van der Waals surface area (Å²) in [6.45, 7) is 2.17. The lowest BCUT2D eigenvalue weighted by molar-refractivity contribution is -0.120. The van der Waals surface area contributed by atoms with Gasteiger partial charge in [0, 0.05) is 31.3 Å². The van der Waals surface area contributed by atoms with Gasteiger partial charge in [-0.1, -0.05) is 30.3 Å². The van der Waals surface area contributed by atoms with Crippen LogP contribution in [-0.4, -0.2) is 24.3 Å². The van der Waals surface area contributed by atoms with Crippen LogP contribution in [0.1, 0.15) is 37.8 Å². The molecule has 1 heterocycles. The maximum atomic E-state index is 12.4. The monoisotopic (exact) mass is 365 g/mol. The number of benzene rings is 2. The SMILES string of the molecule is CC(=O)N[C@@H](CC(=O)Nc1ccc(N2CCCC2=O)cc1)c1ccccc1. The fourth-order valence-corrected chi connectivity index (χ4v) is 3.23. The fourth-order valence-electron chi connectivity index (χ4n) is 3.23. The Labute approximate surface area is 158 Å². The van der Waals surface area contributed by atoms with E-state index in [1.54, 1.807) is 17.0 Å². The summed E-state index contributed by atoms with van der Waals surface area (Å²) in [6.07, 6.45) is 1.60. The van der Waals surface area contributed by atoms with Gasteiger partial charge in [0.1, 0.15) is 0 Å². The molecule has 3 amide bonds. The van der Waals surface area contributed by atoms with Gasteiger partial charge in [0.15, 0.2) is 0 Å². The normalized spacial score (nSPS) is 14.7. The Balaban J connectivity index is 1.63. The van der Waals surface area contributed by atoms with Crippen LogP contribution in [0.3, 0.4) is 0 Å². The Bertz CT molecular complexity index is 818. The third-order valence-electron chi connectivity index (χ3n) is 4.51. The Morgan fingerprint density at radius 3 is 2.37 bits per heavy atom. The van der Waals surface area contributed by atoms with E-state index in [1.165, 1.54) is 6.92 Å². The molecule has 0 unspecified atom stereocenters. The van der Waals surface area contributed by atoms with E-state index in [0.717, 1.165) is 24.2 Å². The molecule has 6 nitrogen and oxygen atoms in total. The molecule has 0 aromatic heterocycles. The number of nitrogens with one attached hydrogen (secondary N) is 2. The predicted molar refractivity (Wildman–Crippen MR) is 104 cm³/mol. The number of carbonyl (C=O) groups excluding carboxylic acids is 3. The molecule has 0 spiro atoms. The van der Waals surface area contributed by atoms with Crippen LogP contribution in [0.25, 0.3) is 0 Å². The second-order valence-electron chi connectivity index (χ2n) is 6.61. The first kappa shape index (κ1) is 18.6. The minimum atomic E-state index is -0.384. The van der Waals surface area contributed by atoms with E-state index in [-0.39, 0.29) is 30.2 Å².